The lowest BCUT2D eigenvalue weighted by Crippen LogP contribution is -2.54. The Hall–Kier alpha value is -4.03. The Balaban J connectivity index is 1.57. The highest BCUT2D eigenvalue weighted by molar-refractivity contribution is 7.80. The van der Waals surface area contributed by atoms with Gasteiger partial charge in [-0.25, -0.2) is 0 Å². The molecule has 0 radical (unpaired) electrons. The molecule has 0 spiro atoms. The SMILES string of the molecule is Cc1ccc(Cn2cc(/C=C3\C(=O)NC(=S)N(c4cc(C)cc(C)c4)C3=O)c3ccccc32)cc1. The summed E-state index contributed by atoms with van der Waals surface area (Å²) in [5, 5.41) is 3.75. The molecule has 2 heterocycles. The molecule has 174 valence electrons. The lowest BCUT2D eigenvalue weighted by Gasteiger charge is -2.29. The third-order valence-electron chi connectivity index (χ3n) is 6.16. The molecule has 1 aromatic heterocycles. The number of hydrogen-bond donors (Lipinski definition) is 1. The highest BCUT2D eigenvalue weighted by atomic mass is 32.1. The molecule has 6 heteroatoms. The van der Waals surface area contributed by atoms with Gasteiger partial charge in [0.15, 0.2) is 5.11 Å². The Kier molecular flexibility index (Phi) is 5.83. The van der Waals surface area contributed by atoms with E-state index in [9.17, 15) is 9.59 Å². The molecule has 35 heavy (non-hydrogen) atoms. The second kappa shape index (κ2) is 8.96. The average Bonchev–Trinajstić information content (AvgIpc) is 3.14. The van der Waals surface area contributed by atoms with Crippen molar-refractivity contribution in [1.82, 2.24) is 9.88 Å². The molecule has 0 unspecified atom stereocenters. The van der Waals surface area contributed by atoms with Gasteiger partial charge < -0.3 is 4.57 Å². The molecule has 3 aromatic carbocycles. The zero-order valence-electron chi connectivity index (χ0n) is 19.8. The van der Waals surface area contributed by atoms with Crippen LogP contribution >= 0.6 is 12.2 Å². The van der Waals surface area contributed by atoms with E-state index in [2.05, 4.69) is 41.1 Å². The van der Waals surface area contributed by atoms with Crippen LogP contribution in [0.5, 0.6) is 0 Å². The van der Waals surface area contributed by atoms with E-state index in [1.807, 2.05) is 62.5 Å². The van der Waals surface area contributed by atoms with Crippen LogP contribution in [0.2, 0.25) is 0 Å². The zero-order chi connectivity index (χ0) is 24.7. The van der Waals surface area contributed by atoms with Gasteiger partial charge in [0, 0.05) is 29.2 Å². The summed E-state index contributed by atoms with van der Waals surface area (Å²) in [4.78, 5) is 27.8. The number of thiocarbonyl (C=S) groups is 1. The molecule has 4 aromatic rings. The van der Waals surface area contributed by atoms with Gasteiger partial charge in [-0.3, -0.25) is 19.8 Å². The third kappa shape index (κ3) is 4.40. The van der Waals surface area contributed by atoms with Gasteiger partial charge in [0.05, 0.1) is 5.69 Å². The van der Waals surface area contributed by atoms with Gasteiger partial charge in [-0.15, -0.1) is 0 Å². The van der Waals surface area contributed by atoms with Gasteiger partial charge in [-0.1, -0.05) is 54.1 Å². The fourth-order valence-corrected chi connectivity index (χ4v) is 4.82. The van der Waals surface area contributed by atoms with Crippen LogP contribution in [0, 0.1) is 20.8 Å². The van der Waals surface area contributed by atoms with E-state index >= 15 is 0 Å². The molecule has 0 aliphatic carbocycles. The van der Waals surface area contributed by atoms with Gasteiger partial charge in [-0.05, 0) is 74.0 Å². The maximum atomic E-state index is 13.5. The molecule has 2 amide bonds. The van der Waals surface area contributed by atoms with Gasteiger partial charge in [0.1, 0.15) is 5.57 Å². The smallest absolute Gasteiger partial charge is 0.270 e. The molecule has 1 aliphatic rings. The highest BCUT2D eigenvalue weighted by Gasteiger charge is 2.34. The standard InChI is InChI=1S/C29H25N3O2S/c1-18-8-10-21(11-9-18)16-31-17-22(24-6-4-5-7-26(24)31)15-25-27(33)30-29(35)32(28(25)34)23-13-19(2)12-20(3)14-23/h4-15,17H,16H2,1-3H3,(H,30,33,35)/b25-15+. The van der Waals surface area contributed by atoms with Gasteiger partial charge in [-0.2, -0.15) is 0 Å². The van der Waals surface area contributed by atoms with E-state index < -0.39 is 11.8 Å². The molecule has 1 saturated heterocycles. The largest absolute Gasteiger partial charge is 0.342 e. The number of anilines is 1. The lowest BCUT2D eigenvalue weighted by molar-refractivity contribution is -0.122. The Morgan fingerprint density at radius 3 is 2.29 bits per heavy atom. The number of para-hydroxylation sites is 1. The van der Waals surface area contributed by atoms with Gasteiger partial charge in [0.2, 0.25) is 0 Å². The quantitative estimate of drug-likeness (QED) is 0.241. The van der Waals surface area contributed by atoms with Crippen molar-refractivity contribution in [3.05, 3.63) is 106 Å². The predicted octanol–water partition coefficient (Wildman–Crippen LogP) is 5.45. The maximum absolute atomic E-state index is 13.5. The molecular formula is C29H25N3O2S. The number of rotatable bonds is 4. The van der Waals surface area contributed by atoms with Gasteiger partial charge in [0.25, 0.3) is 11.8 Å². The minimum absolute atomic E-state index is 0.0519. The van der Waals surface area contributed by atoms with Crippen molar-refractivity contribution < 1.29 is 9.59 Å². The van der Waals surface area contributed by atoms with Gasteiger partial charge >= 0.3 is 0 Å². The number of carbonyl (C=O) groups is 2. The van der Waals surface area contributed by atoms with Crippen LogP contribution in [-0.2, 0) is 16.1 Å². The number of nitrogens with one attached hydrogen (secondary N) is 1. The fraction of sp³-hybridized carbons (Fsp3) is 0.138. The number of benzene rings is 3. The van der Waals surface area contributed by atoms with E-state index in [-0.39, 0.29) is 10.7 Å². The number of fused-ring (bicyclic) bond motifs is 1. The summed E-state index contributed by atoms with van der Waals surface area (Å²) in [5.41, 5.74) is 6.94. The third-order valence-corrected chi connectivity index (χ3v) is 6.44. The maximum Gasteiger partial charge on any atom is 0.270 e. The molecule has 5 rings (SSSR count). The van der Waals surface area contributed by atoms with Crippen LogP contribution < -0.4 is 10.2 Å². The monoisotopic (exact) mass is 479 g/mol. The first-order chi connectivity index (χ1) is 16.8. The minimum atomic E-state index is -0.490. The average molecular weight is 480 g/mol. The van der Waals surface area contributed by atoms with Crippen LogP contribution in [0.3, 0.4) is 0 Å². The van der Waals surface area contributed by atoms with E-state index in [0.29, 0.717) is 12.2 Å². The van der Waals surface area contributed by atoms with E-state index in [4.69, 9.17) is 12.2 Å². The first-order valence-corrected chi connectivity index (χ1v) is 11.8. The van der Waals surface area contributed by atoms with Crippen LogP contribution in [0.1, 0.15) is 27.8 Å². The molecule has 0 atom stereocenters. The van der Waals surface area contributed by atoms with Crippen molar-refractivity contribution >= 4 is 51.8 Å². The number of carbonyl (C=O) groups excluding carboxylic acids is 2. The summed E-state index contributed by atoms with van der Waals surface area (Å²) in [6.07, 6.45) is 3.66. The van der Waals surface area contributed by atoms with Crippen LogP contribution in [0.15, 0.2) is 78.5 Å². The molecular weight excluding hydrogens is 454 g/mol. The minimum Gasteiger partial charge on any atom is -0.342 e. The number of nitrogens with zero attached hydrogens (tertiary/aromatic N) is 2. The van der Waals surface area contributed by atoms with E-state index in [0.717, 1.165) is 27.6 Å². The van der Waals surface area contributed by atoms with Crippen LogP contribution in [-0.4, -0.2) is 21.5 Å². The summed E-state index contributed by atoms with van der Waals surface area (Å²) in [7, 11) is 0. The fourth-order valence-electron chi connectivity index (χ4n) is 4.54. The lowest BCUT2D eigenvalue weighted by atomic mass is 10.1. The van der Waals surface area contributed by atoms with Crippen molar-refractivity contribution in [2.75, 3.05) is 4.90 Å². The number of aryl methyl sites for hydroxylation is 3. The molecule has 5 nitrogen and oxygen atoms in total. The second-order valence-corrected chi connectivity index (χ2v) is 9.41. The summed E-state index contributed by atoms with van der Waals surface area (Å²) in [6, 6.07) is 22.2. The first kappa shape index (κ1) is 22.7. The Bertz CT molecular complexity index is 1510. The normalized spacial score (nSPS) is 15.2. The van der Waals surface area contributed by atoms with Crippen molar-refractivity contribution in [2.45, 2.75) is 27.3 Å². The summed E-state index contributed by atoms with van der Waals surface area (Å²) < 4.78 is 2.14. The molecule has 1 N–H and O–H groups in total. The van der Waals surface area contributed by atoms with Crippen LogP contribution in [0.4, 0.5) is 5.69 Å². The Labute approximate surface area is 209 Å². The molecule has 0 saturated carbocycles. The first-order valence-electron chi connectivity index (χ1n) is 11.4. The van der Waals surface area contributed by atoms with Crippen LogP contribution in [0.25, 0.3) is 17.0 Å². The van der Waals surface area contributed by atoms with E-state index in [1.165, 1.54) is 16.0 Å². The zero-order valence-corrected chi connectivity index (χ0v) is 20.6. The number of amides is 2. The number of aromatic nitrogens is 1. The molecule has 1 fully saturated rings. The summed E-state index contributed by atoms with van der Waals surface area (Å²) in [5.74, 6) is -0.921. The van der Waals surface area contributed by atoms with E-state index in [1.54, 1.807) is 6.08 Å². The predicted molar refractivity (Wildman–Crippen MR) is 144 cm³/mol. The second-order valence-electron chi connectivity index (χ2n) is 9.02. The summed E-state index contributed by atoms with van der Waals surface area (Å²) in [6.45, 7) is 6.68. The summed E-state index contributed by atoms with van der Waals surface area (Å²) >= 11 is 5.37. The number of hydrogen-bond acceptors (Lipinski definition) is 3. The topological polar surface area (TPSA) is 54.3 Å². The Morgan fingerprint density at radius 2 is 1.57 bits per heavy atom. The molecule has 1 aliphatic heterocycles. The van der Waals surface area contributed by atoms with Crippen molar-refractivity contribution in [3.8, 4) is 0 Å². The van der Waals surface area contributed by atoms with Crippen molar-refractivity contribution in [1.29, 1.82) is 0 Å². The highest BCUT2D eigenvalue weighted by Crippen LogP contribution is 2.28. The van der Waals surface area contributed by atoms with Crippen molar-refractivity contribution in [2.24, 2.45) is 0 Å². The Morgan fingerprint density at radius 1 is 0.886 bits per heavy atom. The molecule has 0 bridgehead atoms. The van der Waals surface area contributed by atoms with Crippen molar-refractivity contribution in [3.63, 3.8) is 0 Å².